The average molecular weight is 134 g/mol. The highest BCUT2D eigenvalue weighted by atomic mass is 19.1. The van der Waals surface area contributed by atoms with Gasteiger partial charge in [-0.3, -0.25) is 4.39 Å². The fourth-order valence-electron chi connectivity index (χ4n) is 1.05. The van der Waals surface area contributed by atoms with Gasteiger partial charge in [0.1, 0.15) is 0 Å². The number of alkyl halides is 1. The molecule has 3 N–H and O–H groups in total. The van der Waals surface area contributed by atoms with Crippen LogP contribution in [0, 0.1) is 5.92 Å². The molecule has 2 atom stereocenters. The van der Waals surface area contributed by atoms with Crippen molar-refractivity contribution in [2.45, 2.75) is 12.6 Å². The number of hydrogen-bond acceptors (Lipinski definition) is 3. The van der Waals surface area contributed by atoms with E-state index in [1.807, 2.05) is 0 Å². The molecule has 54 valence electrons. The van der Waals surface area contributed by atoms with Gasteiger partial charge in [0.25, 0.3) is 0 Å². The molecule has 1 aliphatic heterocycles. The Balaban J connectivity index is 2.35. The molecule has 0 amide bonds. The number of halogens is 1. The molecule has 0 saturated carbocycles. The molecule has 1 fully saturated rings. The van der Waals surface area contributed by atoms with Crippen molar-refractivity contribution in [3.05, 3.63) is 0 Å². The maximum atomic E-state index is 11.9. The van der Waals surface area contributed by atoms with Gasteiger partial charge in [-0.1, -0.05) is 0 Å². The van der Waals surface area contributed by atoms with E-state index < -0.39 is 0 Å². The number of nitrogens with zero attached hydrogens (tertiary/aromatic N) is 1. The van der Waals surface area contributed by atoms with E-state index in [0.29, 0.717) is 13.0 Å². The Bertz CT molecular complexity index is 91.0. The molecular weight excluding hydrogens is 123 g/mol. The summed E-state index contributed by atoms with van der Waals surface area (Å²) in [4.78, 5) is 0. The van der Waals surface area contributed by atoms with Crippen LogP contribution in [-0.2, 0) is 0 Å². The van der Waals surface area contributed by atoms with Crippen LogP contribution >= 0.6 is 0 Å². The predicted molar refractivity (Wildman–Crippen MR) is 30.5 cm³/mol. The number of nitrogens with two attached hydrogens (primary N) is 1. The summed E-state index contributed by atoms with van der Waals surface area (Å²) in [5.41, 5.74) is 5.35. The van der Waals surface area contributed by atoms with Crippen molar-refractivity contribution in [3.8, 4) is 0 Å². The highest BCUT2D eigenvalue weighted by molar-refractivity contribution is 4.75. The first-order valence-electron chi connectivity index (χ1n) is 3.01. The van der Waals surface area contributed by atoms with E-state index in [0.717, 1.165) is 5.06 Å². The van der Waals surface area contributed by atoms with Crippen LogP contribution in [0.15, 0.2) is 0 Å². The standard InChI is InChI=1S/C5H11FN2O/c6-2-4-1-5(7)8(9)3-4/h4-5,9H,1-3,7H2. The Labute approximate surface area is 53.2 Å². The zero-order valence-electron chi connectivity index (χ0n) is 5.13. The van der Waals surface area contributed by atoms with Gasteiger partial charge in [-0.25, -0.2) is 0 Å². The summed E-state index contributed by atoms with van der Waals surface area (Å²) in [5, 5.41) is 9.83. The molecule has 1 rings (SSSR count). The third-order valence-corrected chi connectivity index (χ3v) is 1.62. The van der Waals surface area contributed by atoms with Crippen molar-refractivity contribution in [2.75, 3.05) is 13.2 Å². The number of hydroxylamine groups is 2. The molecule has 0 bridgehead atoms. The van der Waals surface area contributed by atoms with Crippen molar-refractivity contribution < 1.29 is 9.60 Å². The van der Waals surface area contributed by atoms with Gasteiger partial charge in [0.2, 0.25) is 0 Å². The highest BCUT2D eigenvalue weighted by Crippen LogP contribution is 2.17. The molecule has 0 aromatic rings. The van der Waals surface area contributed by atoms with Gasteiger partial charge in [-0.05, 0) is 6.42 Å². The summed E-state index contributed by atoms with van der Waals surface area (Å²) in [6.07, 6.45) is 0.207. The fraction of sp³-hybridized carbons (Fsp3) is 1.00. The molecular formula is C5H11FN2O. The lowest BCUT2D eigenvalue weighted by Crippen LogP contribution is -2.33. The molecule has 1 aliphatic rings. The molecule has 0 aromatic carbocycles. The third-order valence-electron chi connectivity index (χ3n) is 1.62. The van der Waals surface area contributed by atoms with Gasteiger partial charge in [0, 0.05) is 12.5 Å². The highest BCUT2D eigenvalue weighted by Gasteiger charge is 2.27. The van der Waals surface area contributed by atoms with E-state index in [1.54, 1.807) is 0 Å². The lowest BCUT2D eigenvalue weighted by molar-refractivity contribution is -0.103. The maximum Gasteiger partial charge on any atom is 0.0936 e. The Morgan fingerprint density at radius 2 is 2.44 bits per heavy atom. The normalized spacial score (nSPS) is 37.7. The van der Waals surface area contributed by atoms with Crippen LogP contribution < -0.4 is 5.73 Å². The second-order valence-corrected chi connectivity index (χ2v) is 2.45. The van der Waals surface area contributed by atoms with Crippen LogP contribution in [0.25, 0.3) is 0 Å². The zero-order valence-corrected chi connectivity index (χ0v) is 5.13. The van der Waals surface area contributed by atoms with Crippen molar-refractivity contribution in [1.29, 1.82) is 0 Å². The molecule has 2 unspecified atom stereocenters. The second-order valence-electron chi connectivity index (χ2n) is 2.45. The van der Waals surface area contributed by atoms with Crippen molar-refractivity contribution in [1.82, 2.24) is 5.06 Å². The monoisotopic (exact) mass is 134 g/mol. The molecule has 1 saturated heterocycles. The fourth-order valence-corrected chi connectivity index (χ4v) is 1.05. The second kappa shape index (κ2) is 2.60. The van der Waals surface area contributed by atoms with E-state index >= 15 is 0 Å². The summed E-state index contributed by atoms with van der Waals surface area (Å²) < 4.78 is 11.9. The molecule has 0 aliphatic carbocycles. The predicted octanol–water partition coefficient (Wildman–Crippen LogP) is -0.0482. The van der Waals surface area contributed by atoms with Gasteiger partial charge in [-0.15, -0.1) is 0 Å². The maximum absolute atomic E-state index is 11.9. The van der Waals surface area contributed by atoms with Crippen molar-refractivity contribution in [3.63, 3.8) is 0 Å². The Kier molecular flexibility index (Phi) is 2.00. The molecule has 9 heavy (non-hydrogen) atoms. The minimum atomic E-state index is -0.384. The van der Waals surface area contributed by atoms with Crippen LogP contribution in [0.4, 0.5) is 4.39 Å². The average Bonchev–Trinajstić information content (AvgIpc) is 2.13. The molecule has 0 aromatic heterocycles. The van der Waals surface area contributed by atoms with E-state index in [4.69, 9.17) is 10.9 Å². The summed E-state index contributed by atoms with van der Waals surface area (Å²) in [6, 6.07) is 0. The summed E-state index contributed by atoms with van der Waals surface area (Å²) >= 11 is 0. The van der Waals surface area contributed by atoms with E-state index in [1.165, 1.54) is 0 Å². The summed E-state index contributed by atoms with van der Waals surface area (Å²) in [7, 11) is 0. The van der Waals surface area contributed by atoms with Gasteiger partial charge < -0.3 is 10.9 Å². The number of hydrogen-bond donors (Lipinski definition) is 2. The molecule has 4 heteroatoms. The van der Waals surface area contributed by atoms with E-state index in [-0.39, 0.29) is 18.8 Å². The van der Waals surface area contributed by atoms with Gasteiger partial charge in [-0.2, -0.15) is 5.06 Å². The Morgan fingerprint density at radius 1 is 1.78 bits per heavy atom. The van der Waals surface area contributed by atoms with Gasteiger partial charge >= 0.3 is 0 Å². The number of rotatable bonds is 1. The van der Waals surface area contributed by atoms with Crippen LogP contribution in [0.5, 0.6) is 0 Å². The largest absolute Gasteiger partial charge is 0.314 e. The van der Waals surface area contributed by atoms with Crippen molar-refractivity contribution >= 4 is 0 Å². The first kappa shape index (κ1) is 6.92. The first-order valence-corrected chi connectivity index (χ1v) is 3.01. The summed E-state index contributed by atoms with van der Waals surface area (Å²) in [5.74, 6) is -0.0648. The van der Waals surface area contributed by atoms with Gasteiger partial charge in [0.15, 0.2) is 0 Å². The quantitative estimate of drug-likeness (QED) is 0.528. The topological polar surface area (TPSA) is 49.5 Å². The Hall–Kier alpha value is -0.190. The smallest absolute Gasteiger partial charge is 0.0936 e. The minimum absolute atomic E-state index is 0.0648. The molecule has 1 heterocycles. The molecule has 0 radical (unpaired) electrons. The summed E-state index contributed by atoms with van der Waals surface area (Å²) in [6.45, 7) is -0.0115. The van der Waals surface area contributed by atoms with E-state index in [9.17, 15) is 4.39 Å². The van der Waals surface area contributed by atoms with Gasteiger partial charge in [0.05, 0.1) is 12.8 Å². The zero-order chi connectivity index (χ0) is 6.85. The van der Waals surface area contributed by atoms with Crippen molar-refractivity contribution in [2.24, 2.45) is 11.7 Å². The Morgan fingerprint density at radius 3 is 2.67 bits per heavy atom. The van der Waals surface area contributed by atoms with Crippen LogP contribution in [-0.4, -0.2) is 29.7 Å². The van der Waals surface area contributed by atoms with Crippen LogP contribution in [0.2, 0.25) is 0 Å². The SMILES string of the molecule is NC1CC(CF)CN1O. The van der Waals surface area contributed by atoms with Crippen LogP contribution in [0.1, 0.15) is 6.42 Å². The third kappa shape index (κ3) is 1.38. The van der Waals surface area contributed by atoms with Crippen LogP contribution in [0.3, 0.4) is 0 Å². The van der Waals surface area contributed by atoms with E-state index in [2.05, 4.69) is 0 Å². The minimum Gasteiger partial charge on any atom is -0.314 e. The lowest BCUT2D eigenvalue weighted by atomic mass is 10.1. The lowest BCUT2D eigenvalue weighted by Gasteiger charge is -2.09. The molecule has 3 nitrogen and oxygen atoms in total. The molecule has 0 spiro atoms. The first-order chi connectivity index (χ1) is 4.24.